The van der Waals surface area contributed by atoms with Gasteiger partial charge in [0, 0.05) is 38.2 Å². The number of amides is 1. The summed E-state index contributed by atoms with van der Waals surface area (Å²) in [5.41, 5.74) is 1.17. The molecule has 1 aromatic heterocycles. The van der Waals surface area contributed by atoms with E-state index in [1.54, 1.807) is 24.5 Å². The highest BCUT2D eigenvalue weighted by Gasteiger charge is 2.33. The molecule has 2 atom stereocenters. The first kappa shape index (κ1) is 26.4. The lowest BCUT2D eigenvalue weighted by Crippen LogP contribution is -2.48. The molecule has 34 heavy (non-hydrogen) atoms. The largest absolute Gasteiger partial charge is 0.491 e. The average Bonchev–Trinajstić information content (AvgIpc) is 3.32. The van der Waals surface area contributed by atoms with Gasteiger partial charge in [0.2, 0.25) is 5.91 Å². The molecule has 1 aliphatic heterocycles. The van der Waals surface area contributed by atoms with Crippen molar-refractivity contribution in [1.82, 2.24) is 9.80 Å². The van der Waals surface area contributed by atoms with E-state index in [1.165, 1.54) is 10.4 Å². The van der Waals surface area contributed by atoms with E-state index < -0.39 is 6.10 Å². The van der Waals surface area contributed by atoms with Gasteiger partial charge in [0.25, 0.3) is 0 Å². The minimum atomic E-state index is -0.683. The molecule has 1 aliphatic rings. The summed E-state index contributed by atoms with van der Waals surface area (Å²) in [6, 6.07) is 11.7. The summed E-state index contributed by atoms with van der Waals surface area (Å²) in [6.07, 6.45) is 2.60. The van der Waals surface area contributed by atoms with E-state index in [-0.39, 0.29) is 25.1 Å². The molecule has 0 aliphatic carbocycles. The molecule has 2 aromatic rings. The molecule has 1 aromatic carbocycles. The number of benzene rings is 1. The maximum atomic E-state index is 13.5. The number of fused-ring (bicyclic) bond motifs is 1. The highest BCUT2D eigenvalue weighted by atomic mass is 32.1. The Morgan fingerprint density at radius 1 is 1.35 bits per heavy atom. The standard InChI is InChI=1S/C26H36N2O5S/c1-3-14-32-19-21(29)17-27(12-7-15-31-2)18-26(30)28-13-10-25-23(11-16-34-25)24(28)20-33-22-8-5-4-6-9-22/h3-6,8-9,11,16,21,24,29H,1,7,10,12-15,17-20H2,2H3. The fourth-order valence-electron chi connectivity index (χ4n) is 4.15. The Morgan fingerprint density at radius 2 is 2.18 bits per heavy atom. The van der Waals surface area contributed by atoms with Gasteiger partial charge >= 0.3 is 0 Å². The van der Waals surface area contributed by atoms with E-state index in [0.29, 0.717) is 39.5 Å². The molecule has 0 fully saturated rings. The summed E-state index contributed by atoms with van der Waals surface area (Å²) in [7, 11) is 1.66. The topological polar surface area (TPSA) is 71.5 Å². The van der Waals surface area contributed by atoms with Crippen molar-refractivity contribution in [2.24, 2.45) is 0 Å². The van der Waals surface area contributed by atoms with E-state index in [0.717, 1.165) is 18.6 Å². The van der Waals surface area contributed by atoms with Gasteiger partial charge in [-0.15, -0.1) is 17.9 Å². The first-order valence-electron chi connectivity index (χ1n) is 11.7. The van der Waals surface area contributed by atoms with Crippen molar-refractivity contribution in [1.29, 1.82) is 0 Å². The quantitative estimate of drug-likeness (QED) is 0.307. The molecule has 3 rings (SSSR count). The SMILES string of the molecule is C=CCOCC(O)CN(CCCOC)CC(=O)N1CCc2sccc2C1COc1ccccc1. The Hall–Kier alpha value is -2.23. The van der Waals surface area contributed by atoms with Gasteiger partial charge < -0.3 is 24.2 Å². The highest BCUT2D eigenvalue weighted by molar-refractivity contribution is 7.10. The number of methoxy groups -OCH3 is 1. The minimum absolute atomic E-state index is 0.0372. The van der Waals surface area contributed by atoms with E-state index in [9.17, 15) is 9.90 Å². The monoisotopic (exact) mass is 488 g/mol. The van der Waals surface area contributed by atoms with Crippen LogP contribution in [-0.4, -0.2) is 86.6 Å². The van der Waals surface area contributed by atoms with Crippen LogP contribution >= 0.6 is 11.3 Å². The second-order valence-electron chi connectivity index (χ2n) is 8.34. The lowest BCUT2D eigenvalue weighted by Gasteiger charge is -2.37. The molecular formula is C26H36N2O5S. The zero-order valence-electron chi connectivity index (χ0n) is 19.9. The Morgan fingerprint density at radius 3 is 2.94 bits per heavy atom. The number of aliphatic hydroxyl groups excluding tert-OH is 1. The van der Waals surface area contributed by atoms with Crippen LogP contribution in [0.1, 0.15) is 22.9 Å². The summed E-state index contributed by atoms with van der Waals surface area (Å²) in [4.78, 5) is 18.7. The summed E-state index contributed by atoms with van der Waals surface area (Å²) >= 11 is 1.74. The van der Waals surface area contributed by atoms with E-state index in [2.05, 4.69) is 18.0 Å². The number of carbonyl (C=O) groups is 1. The number of hydrogen-bond acceptors (Lipinski definition) is 7. The summed E-state index contributed by atoms with van der Waals surface area (Å²) in [6.45, 7) is 7.11. The number of rotatable bonds is 15. The molecule has 2 unspecified atom stereocenters. The normalized spacial score (nSPS) is 16.3. The molecule has 0 spiro atoms. The van der Waals surface area contributed by atoms with Crippen LogP contribution in [0.5, 0.6) is 5.75 Å². The van der Waals surface area contributed by atoms with Crippen LogP contribution in [0.3, 0.4) is 0 Å². The summed E-state index contributed by atoms with van der Waals surface area (Å²) in [5.74, 6) is 0.830. The van der Waals surface area contributed by atoms with E-state index in [1.807, 2.05) is 40.1 Å². The van der Waals surface area contributed by atoms with Crippen molar-refractivity contribution >= 4 is 17.2 Å². The third-order valence-corrected chi connectivity index (χ3v) is 6.76. The average molecular weight is 489 g/mol. The van der Waals surface area contributed by atoms with Crippen molar-refractivity contribution in [3.8, 4) is 5.75 Å². The van der Waals surface area contributed by atoms with Gasteiger partial charge in [0.05, 0.1) is 31.9 Å². The molecule has 0 saturated carbocycles. The molecular weight excluding hydrogens is 452 g/mol. The minimum Gasteiger partial charge on any atom is -0.491 e. The van der Waals surface area contributed by atoms with E-state index >= 15 is 0 Å². The van der Waals surface area contributed by atoms with Gasteiger partial charge in [-0.1, -0.05) is 24.3 Å². The predicted octanol–water partition coefficient (Wildman–Crippen LogP) is 3.15. The number of thiophene rings is 1. The maximum Gasteiger partial charge on any atom is 0.237 e. The Kier molecular flexibility index (Phi) is 11.0. The van der Waals surface area contributed by atoms with Crippen LogP contribution in [0.25, 0.3) is 0 Å². The van der Waals surface area contributed by atoms with Crippen LogP contribution in [0.15, 0.2) is 54.4 Å². The molecule has 7 nitrogen and oxygen atoms in total. The number of aliphatic hydroxyl groups is 1. The second-order valence-corrected chi connectivity index (χ2v) is 9.34. The molecule has 1 N–H and O–H groups in total. The maximum absolute atomic E-state index is 13.5. The number of hydrogen-bond donors (Lipinski definition) is 1. The number of carbonyl (C=O) groups excluding carboxylic acids is 1. The predicted molar refractivity (Wildman–Crippen MR) is 134 cm³/mol. The van der Waals surface area contributed by atoms with Crippen LogP contribution in [0.2, 0.25) is 0 Å². The molecule has 0 saturated heterocycles. The lowest BCUT2D eigenvalue weighted by atomic mass is 10.0. The highest BCUT2D eigenvalue weighted by Crippen LogP contribution is 2.34. The van der Waals surface area contributed by atoms with Crippen LogP contribution in [0.4, 0.5) is 0 Å². The zero-order valence-corrected chi connectivity index (χ0v) is 20.8. The molecule has 2 heterocycles. The van der Waals surface area contributed by atoms with Crippen molar-refractivity contribution in [2.45, 2.75) is 25.0 Å². The van der Waals surface area contributed by atoms with Crippen LogP contribution in [0, 0.1) is 0 Å². The Bertz CT molecular complexity index is 875. The van der Waals surface area contributed by atoms with Crippen LogP contribution in [-0.2, 0) is 20.7 Å². The molecule has 8 heteroatoms. The van der Waals surface area contributed by atoms with Gasteiger partial charge in [0.15, 0.2) is 0 Å². The van der Waals surface area contributed by atoms with Crippen molar-refractivity contribution in [2.75, 3.05) is 59.7 Å². The van der Waals surface area contributed by atoms with Gasteiger partial charge in [-0.2, -0.15) is 0 Å². The molecule has 0 bridgehead atoms. The number of ether oxygens (including phenoxy) is 3. The smallest absolute Gasteiger partial charge is 0.237 e. The van der Waals surface area contributed by atoms with Crippen LogP contribution < -0.4 is 4.74 Å². The van der Waals surface area contributed by atoms with Crippen molar-refractivity contribution in [3.63, 3.8) is 0 Å². The number of nitrogens with zero attached hydrogens (tertiary/aromatic N) is 2. The third kappa shape index (κ3) is 7.92. The molecule has 1 amide bonds. The Balaban J connectivity index is 1.66. The summed E-state index contributed by atoms with van der Waals surface area (Å²) in [5, 5.41) is 12.5. The van der Waals surface area contributed by atoms with Gasteiger partial charge in [-0.3, -0.25) is 9.69 Å². The fraction of sp³-hybridized carbons (Fsp3) is 0.500. The second kappa shape index (κ2) is 14.2. The van der Waals surface area contributed by atoms with Crippen molar-refractivity contribution in [3.05, 3.63) is 64.9 Å². The fourth-order valence-corrected chi connectivity index (χ4v) is 5.08. The van der Waals surface area contributed by atoms with Gasteiger partial charge in [0.1, 0.15) is 12.4 Å². The Labute approximate surface area is 206 Å². The van der Waals surface area contributed by atoms with Gasteiger partial charge in [-0.25, -0.2) is 0 Å². The van der Waals surface area contributed by atoms with Crippen molar-refractivity contribution < 1.29 is 24.1 Å². The molecule has 0 radical (unpaired) electrons. The zero-order chi connectivity index (χ0) is 24.2. The molecule has 186 valence electrons. The third-order valence-electron chi connectivity index (χ3n) is 5.76. The number of para-hydroxylation sites is 1. The summed E-state index contributed by atoms with van der Waals surface area (Å²) < 4.78 is 16.6. The van der Waals surface area contributed by atoms with Gasteiger partial charge in [-0.05, 0) is 42.0 Å². The lowest BCUT2D eigenvalue weighted by molar-refractivity contribution is -0.136. The first-order chi connectivity index (χ1) is 16.6. The first-order valence-corrected chi connectivity index (χ1v) is 12.6. The van der Waals surface area contributed by atoms with E-state index in [4.69, 9.17) is 14.2 Å².